The van der Waals surface area contributed by atoms with Gasteiger partial charge in [0, 0.05) is 34.4 Å². The van der Waals surface area contributed by atoms with E-state index in [4.69, 9.17) is 0 Å². The number of hydrogen-bond donors (Lipinski definition) is 1. The van der Waals surface area contributed by atoms with Gasteiger partial charge in [0.05, 0.1) is 11.7 Å². The van der Waals surface area contributed by atoms with Gasteiger partial charge in [-0.2, -0.15) is 0 Å². The van der Waals surface area contributed by atoms with Crippen molar-refractivity contribution in [1.29, 1.82) is 0 Å². The van der Waals surface area contributed by atoms with E-state index < -0.39 is 0 Å². The summed E-state index contributed by atoms with van der Waals surface area (Å²) in [4.78, 5) is 16.3. The molecule has 0 radical (unpaired) electrons. The Balaban J connectivity index is 1.92. The Morgan fingerprint density at radius 1 is 1.08 bits per heavy atom. The first-order valence-electron chi connectivity index (χ1n) is 8.01. The second kappa shape index (κ2) is 6.33. The van der Waals surface area contributed by atoms with E-state index in [2.05, 4.69) is 55.1 Å². The topological polar surface area (TPSA) is 46.9 Å². The number of aromatic nitrogens is 2. The molecule has 4 rings (SSSR count). The molecule has 0 aliphatic rings. The van der Waals surface area contributed by atoms with Gasteiger partial charge < -0.3 is 9.88 Å². The molecule has 0 unspecified atom stereocenters. The first-order valence-corrected chi connectivity index (χ1v) is 8.80. The summed E-state index contributed by atoms with van der Waals surface area (Å²) in [7, 11) is 1.62. The lowest BCUT2D eigenvalue weighted by molar-refractivity contribution is 0.0958. The molecule has 1 amide bonds. The maximum atomic E-state index is 11.9. The van der Waals surface area contributed by atoms with Crippen LogP contribution in [0.25, 0.3) is 21.8 Å². The average Bonchev–Trinajstić information content (AvgIpc) is 2.96. The lowest BCUT2D eigenvalue weighted by Gasteiger charge is -2.08. The van der Waals surface area contributed by atoms with Crippen LogP contribution in [0.2, 0.25) is 0 Å². The van der Waals surface area contributed by atoms with Crippen molar-refractivity contribution in [2.45, 2.75) is 6.54 Å². The third-order valence-corrected chi connectivity index (χ3v) is 4.90. The van der Waals surface area contributed by atoms with Gasteiger partial charge >= 0.3 is 0 Å². The van der Waals surface area contributed by atoms with Crippen LogP contribution in [0.15, 0.2) is 65.3 Å². The molecule has 4 nitrogen and oxygen atoms in total. The van der Waals surface area contributed by atoms with Crippen LogP contribution in [0, 0.1) is 0 Å². The van der Waals surface area contributed by atoms with Gasteiger partial charge in [-0.25, -0.2) is 4.98 Å². The van der Waals surface area contributed by atoms with E-state index in [1.807, 2.05) is 30.3 Å². The zero-order valence-corrected chi connectivity index (χ0v) is 15.2. The predicted octanol–water partition coefficient (Wildman–Crippen LogP) is 4.36. The SMILES string of the molecule is CNC(=O)c1cc2c3ccccc3n(Cc3ccc(Br)cc3)c2cn1. The Bertz CT molecular complexity index is 1080. The van der Waals surface area contributed by atoms with Crippen LogP contribution >= 0.6 is 15.9 Å². The number of pyridine rings is 1. The minimum atomic E-state index is -0.174. The minimum Gasteiger partial charge on any atom is -0.354 e. The highest BCUT2D eigenvalue weighted by atomic mass is 79.9. The number of hydrogen-bond acceptors (Lipinski definition) is 2. The molecule has 5 heteroatoms. The molecule has 124 valence electrons. The minimum absolute atomic E-state index is 0.174. The molecule has 25 heavy (non-hydrogen) atoms. The number of benzene rings is 2. The molecule has 2 aromatic heterocycles. The van der Waals surface area contributed by atoms with Crippen molar-refractivity contribution in [2.75, 3.05) is 7.05 Å². The first-order chi connectivity index (χ1) is 12.2. The number of nitrogens with one attached hydrogen (secondary N) is 1. The molecule has 0 fully saturated rings. The summed E-state index contributed by atoms with van der Waals surface area (Å²) in [5, 5.41) is 4.80. The third-order valence-electron chi connectivity index (χ3n) is 4.37. The molecular formula is C20H16BrN3O. The van der Waals surface area contributed by atoms with E-state index in [1.54, 1.807) is 13.2 Å². The van der Waals surface area contributed by atoms with Crippen molar-refractivity contribution in [1.82, 2.24) is 14.9 Å². The second-order valence-corrected chi connectivity index (χ2v) is 6.81. The molecule has 0 aliphatic heterocycles. The number of carbonyl (C=O) groups excluding carboxylic acids is 1. The van der Waals surface area contributed by atoms with E-state index in [1.165, 1.54) is 5.56 Å². The summed E-state index contributed by atoms with van der Waals surface area (Å²) >= 11 is 3.48. The molecule has 0 spiro atoms. The maximum Gasteiger partial charge on any atom is 0.269 e. The standard InChI is InChI=1S/C20H16BrN3O/c1-22-20(25)17-10-16-15-4-2-3-5-18(15)24(19(16)11-23-17)12-13-6-8-14(21)9-7-13/h2-11H,12H2,1H3,(H,22,25). The van der Waals surface area contributed by atoms with Crippen molar-refractivity contribution >= 4 is 43.6 Å². The van der Waals surface area contributed by atoms with Crippen LogP contribution in [0.1, 0.15) is 16.1 Å². The highest BCUT2D eigenvalue weighted by Gasteiger charge is 2.14. The normalized spacial score (nSPS) is 11.1. The van der Waals surface area contributed by atoms with E-state index in [0.717, 1.165) is 32.8 Å². The van der Waals surface area contributed by atoms with Crippen molar-refractivity contribution in [2.24, 2.45) is 0 Å². The Kier molecular flexibility index (Phi) is 4.01. The summed E-state index contributed by atoms with van der Waals surface area (Å²) in [5.41, 5.74) is 3.80. The number of rotatable bonds is 3. The fourth-order valence-corrected chi connectivity index (χ4v) is 3.40. The largest absolute Gasteiger partial charge is 0.354 e. The number of amides is 1. The molecular weight excluding hydrogens is 378 g/mol. The van der Waals surface area contributed by atoms with Gasteiger partial charge in [-0.15, -0.1) is 0 Å². The van der Waals surface area contributed by atoms with E-state index in [9.17, 15) is 4.79 Å². The smallest absolute Gasteiger partial charge is 0.269 e. The van der Waals surface area contributed by atoms with Crippen LogP contribution in [0.4, 0.5) is 0 Å². The molecule has 0 saturated heterocycles. The maximum absolute atomic E-state index is 11.9. The molecule has 0 atom stereocenters. The van der Waals surface area contributed by atoms with Gasteiger partial charge in [0.25, 0.3) is 5.91 Å². The molecule has 4 aromatic rings. The van der Waals surface area contributed by atoms with E-state index >= 15 is 0 Å². The number of fused-ring (bicyclic) bond motifs is 3. The van der Waals surface area contributed by atoms with Gasteiger partial charge in [0.1, 0.15) is 5.69 Å². The summed E-state index contributed by atoms with van der Waals surface area (Å²) in [6.45, 7) is 0.748. The Labute approximate surface area is 153 Å². The van der Waals surface area contributed by atoms with Crippen LogP contribution in [-0.2, 0) is 6.54 Å². The lowest BCUT2D eigenvalue weighted by Crippen LogP contribution is -2.19. The first kappa shape index (κ1) is 15.8. The molecule has 0 bridgehead atoms. The number of para-hydroxylation sites is 1. The van der Waals surface area contributed by atoms with Crippen LogP contribution < -0.4 is 5.32 Å². The highest BCUT2D eigenvalue weighted by Crippen LogP contribution is 2.29. The number of carbonyl (C=O) groups is 1. The van der Waals surface area contributed by atoms with Crippen LogP contribution in [0.3, 0.4) is 0 Å². The number of nitrogens with zero attached hydrogens (tertiary/aromatic N) is 2. The highest BCUT2D eigenvalue weighted by molar-refractivity contribution is 9.10. The summed E-state index contributed by atoms with van der Waals surface area (Å²) < 4.78 is 3.31. The van der Waals surface area contributed by atoms with Crippen molar-refractivity contribution in [3.63, 3.8) is 0 Å². The van der Waals surface area contributed by atoms with Crippen molar-refractivity contribution in [3.8, 4) is 0 Å². The van der Waals surface area contributed by atoms with Crippen LogP contribution in [-0.4, -0.2) is 22.5 Å². The van der Waals surface area contributed by atoms with Crippen molar-refractivity contribution in [3.05, 3.63) is 76.5 Å². The summed E-state index contributed by atoms with van der Waals surface area (Å²) in [6, 6.07) is 18.4. The molecule has 0 aliphatic carbocycles. The van der Waals surface area contributed by atoms with Gasteiger partial charge in [-0.3, -0.25) is 4.79 Å². The molecule has 0 saturated carbocycles. The third kappa shape index (κ3) is 2.81. The quantitative estimate of drug-likeness (QED) is 0.561. The zero-order valence-electron chi connectivity index (χ0n) is 13.7. The fraction of sp³-hybridized carbons (Fsp3) is 0.100. The summed E-state index contributed by atoms with van der Waals surface area (Å²) in [5.74, 6) is -0.174. The second-order valence-electron chi connectivity index (χ2n) is 5.90. The van der Waals surface area contributed by atoms with Crippen LogP contribution in [0.5, 0.6) is 0 Å². The Morgan fingerprint density at radius 2 is 1.84 bits per heavy atom. The lowest BCUT2D eigenvalue weighted by atomic mass is 10.1. The van der Waals surface area contributed by atoms with Gasteiger partial charge in [0.15, 0.2) is 0 Å². The predicted molar refractivity (Wildman–Crippen MR) is 104 cm³/mol. The molecule has 2 heterocycles. The zero-order chi connectivity index (χ0) is 17.4. The number of halogens is 1. The monoisotopic (exact) mass is 393 g/mol. The van der Waals surface area contributed by atoms with Crippen molar-refractivity contribution < 1.29 is 4.79 Å². The average molecular weight is 394 g/mol. The molecule has 1 N–H and O–H groups in total. The van der Waals surface area contributed by atoms with Gasteiger partial charge in [0.2, 0.25) is 0 Å². The Hall–Kier alpha value is -2.66. The summed E-state index contributed by atoms with van der Waals surface area (Å²) in [6.07, 6.45) is 1.79. The van der Waals surface area contributed by atoms with Gasteiger partial charge in [-0.1, -0.05) is 46.3 Å². The Morgan fingerprint density at radius 3 is 2.60 bits per heavy atom. The molecule has 2 aromatic carbocycles. The fourth-order valence-electron chi connectivity index (χ4n) is 3.14. The van der Waals surface area contributed by atoms with Gasteiger partial charge in [-0.05, 0) is 29.8 Å². The van der Waals surface area contributed by atoms with E-state index in [-0.39, 0.29) is 5.91 Å². The van der Waals surface area contributed by atoms with E-state index in [0.29, 0.717) is 5.69 Å².